The van der Waals surface area contributed by atoms with Crippen LogP contribution < -0.4 is 0 Å². The Labute approximate surface area is 73.4 Å². The zero-order valence-electron chi connectivity index (χ0n) is 8.33. The van der Waals surface area contributed by atoms with Crippen molar-refractivity contribution in [1.29, 1.82) is 0 Å². The molecule has 1 amide bonds. The molecule has 0 atom stereocenters. The van der Waals surface area contributed by atoms with Crippen LogP contribution in [0.25, 0.3) is 0 Å². The molecule has 0 aliphatic heterocycles. The Morgan fingerprint density at radius 1 is 1.08 bits per heavy atom. The Balaban J connectivity index is 3.96. The molecule has 72 valence electrons. The molecule has 0 saturated heterocycles. The van der Waals surface area contributed by atoms with Crippen molar-refractivity contribution in [3.05, 3.63) is 0 Å². The Hall–Kier alpha value is -0.610. The minimum Gasteiger partial charge on any atom is -0.270 e. The third-order valence-corrected chi connectivity index (χ3v) is 0.870. The molecule has 0 heterocycles. The summed E-state index contributed by atoms with van der Waals surface area (Å²) in [7, 11) is 0. The van der Waals surface area contributed by atoms with Crippen LogP contribution >= 0.6 is 0 Å². The van der Waals surface area contributed by atoms with E-state index in [1.165, 1.54) is 6.92 Å². The number of nitrogens with zero attached hydrogens (tertiary/aromatic N) is 1. The normalized spacial score (nSPS) is 10.9. The summed E-state index contributed by atoms with van der Waals surface area (Å²) in [6.07, 6.45) is -0.125. The van der Waals surface area contributed by atoms with Gasteiger partial charge in [-0.15, -0.1) is 0 Å². The average molecular weight is 175 g/mol. The third kappa shape index (κ3) is 5.09. The maximum Gasteiger partial charge on any atom is 0.270 e. The van der Waals surface area contributed by atoms with Gasteiger partial charge >= 0.3 is 0 Å². The highest BCUT2D eigenvalue weighted by atomic mass is 17.0. The number of carbonyl (C=O) groups is 1. The number of amides is 1. The monoisotopic (exact) mass is 175 g/mol. The Morgan fingerprint density at radius 2 is 1.42 bits per heavy atom. The number of hydrogen-bond acceptors (Lipinski definition) is 3. The topological polar surface area (TPSA) is 38.8 Å². The molecule has 0 rings (SSSR count). The van der Waals surface area contributed by atoms with Crippen LogP contribution in [0.3, 0.4) is 0 Å². The van der Waals surface area contributed by atoms with E-state index in [4.69, 9.17) is 9.68 Å². The van der Waals surface area contributed by atoms with Crippen molar-refractivity contribution in [3.63, 3.8) is 0 Å². The third-order valence-electron chi connectivity index (χ3n) is 0.870. The summed E-state index contributed by atoms with van der Waals surface area (Å²) in [5, 5.41) is 0.926. The number of hydrogen-bond donors (Lipinski definition) is 0. The van der Waals surface area contributed by atoms with Crippen molar-refractivity contribution in [3.8, 4) is 0 Å². The van der Waals surface area contributed by atoms with E-state index < -0.39 is 0 Å². The number of hydroxylamine groups is 2. The molecule has 4 heteroatoms. The van der Waals surface area contributed by atoms with E-state index in [0.29, 0.717) is 0 Å². The van der Waals surface area contributed by atoms with Crippen LogP contribution in [0.4, 0.5) is 0 Å². The first kappa shape index (κ1) is 11.4. The second-order valence-electron chi connectivity index (χ2n) is 3.08. The highest BCUT2D eigenvalue weighted by Gasteiger charge is 2.13. The van der Waals surface area contributed by atoms with Crippen LogP contribution in [0.1, 0.15) is 34.6 Å². The highest BCUT2D eigenvalue weighted by molar-refractivity contribution is 5.70. The van der Waals surface area contributed by atoms with Crippen LogP contribution in [-0.4, -0.2) is 23.3 Å². The van der Waals surface area contributed by atoms with Crippen molar-refractivity contribution in [2.45, 2.75) is 46.8 Å². The molecule has 0 bridgehead atoms. The molecule has 0 aliphatic rings. The molecule has 0 aliphatic carbocycles. The average Bonchev–Trinajstić information content (AvgIpc) is 1.83. The van der Waals surface area contributed by atoms with Crippen LogP contribution in [0.2, 0.25) is 0 Å². The van der Waals surface area contributed by atoms with Crippen LogP contribution in [0.15, 0.2) is 0 Å². The lowest BCUT2D eigenvalue weighted by atomic mass is 10.5. The maximum atomic E-state index is 10.9. The molecule has 0 radical (unpaired) electrons. The first-order valence-corrected chi connectivity index (χ1v) is 4.07. The van der Waals surface area contributed by atoms with Crippen LogP contribution in [0, 0.1) is 0 Å². The molecule has 0 aromatic carbocycles. The molecule has 0 spiro atoms. The molecule has 0 N–H and O–H groups in total. The van der Waals surface area contributed by atoms with Crippen molar-refractivity contribution in [1.82, 2.24) is 5.23 Å². The molecule has 12 heavy (non-hydrogen) atoms. The van der Waals surface area contributed by atoms with Gasteiger partial charge in [0.15, 0.2) is 0 Å². The van der Waals surface area contributed by atoms with Gasteiger partial charge in [0.05, 0.1) is 12.2 Å². The summed E-state index contributed by atoms with van der Waals surface area (Å²) in [6, 6.07) is 0. The largest absolute Gasteiger partial charge is 0.270 e. The molecule has 0 fully saturated rings. The first-order valence-electron chi connectivity index (χ1n) is 4.07. The van der Waals surface area contributed by atoms with Gasteiger partial charge in [-0.2, -0.15) is 0 Å². The Morgan fingerprint density at radius 3 is 1.58 bits per heavy atom. The van der Waals surface area contributed by atoms with E-state index in [1.54, 1.807) is 0 Å². The molecule has 0 saturated carbocycles. The summed E-state index contributed by atoms with van der Waals surface area (Å²) in [4.78, 5) is 21.1. The maximum absolute atomic E-state index is 10.9. The lowest BCUT2D eigenvalue weighted by Gasteiger charge is -2.22. The zero-order valence-corrected chi connectivity index (χ0v) is 8.33. The van der Waals surface area contributed by atoms with Gasteiger partial charge in [-0.1, -0.05) is 5.23 Å². The Kier molecular flexibility index (Phi) is 4.85. The minimum atomic E-state index is -0.252. The van der Waals surface area contributed by atoms with Crippen molar-refractivity contribution >= 4 is 5.91 Å². The molecular formula is C8H17NO3. The first-order chi connectivity index (χ1) is 5.43. The summed E-state index contributed by atoms with van der Waals surface area (Å²) >= 11 is 0. The highest BCUT2D eigenvalue weighted by Crippen LogP contribution is 2.02. The van der Waals surface area contributed by atoms with Crippen LogP contribution in [0.5, 0.6) is 0 Å². The second-order valence-corrected chi connectivity index (χ2v) is 3.08. The quantitative estimate of drug-likeness (QED) is 0.608. The summed E-state index contributed by atoms with van der Waals surface area (Å²) in [5.41, 5.74) is 0. The zero-order chi connectivity index (χ0) is 9.72. The molecule has 0 aromatic heterocycles. The van der Waals surface area contributed by atoms with Gasteiger partial charge in [0.2, 0.25) is 0 Å². The van der Waals surface area contributed by atoms with E-state index in [9.17, 15) is 4.79 Å². The number of carbonyl (C=O) groups excluding carboxylic acids is 1. The molecule has 0 unspecified atom stereocenters. The smallest absolute Gasteiger partial charge is 0.270 e. The standard InChI is InChI=1S/C8H17NO3/c1-6(2)11-9(8(5)10)12-7(3)4/h6-7H,1-5H3. The fourth-order valence-electron chi connectivity index (χ4n) is 0.556. The Bertz CT molecular complexity index is 135. The molecule has 4 nitrogen and oxygen atoms in total. The summed E-state index contributed by atoms with van der Waals surface area (Å²) < 4.78 is 0. The molecular weight excluding hydrogens is 158 g/mol. The van der Waals surface area contributed by atoms with Gasteiger partial charge in [-0.05, 0) is 27.7 Å². The van der Waals surface area contributed by atoms with E-state index in [0.717, 1.165) is 5.23 Å². The van der Waals surface area contributed by atoms with Gasteiger partial charge in [-0.3, -0.25) is 4.79 Å². The van der Waals surface area contributed by atoms with Gasteiger partial charge in [0, 0.05) is 6.92 Å². The van der Waals surface area contributed by atoms with Gasteiger partial charge in [0.1, 0.15) is 0 Å². The predicted octanol–water partition coefficient (Wildman–Crippen LogP) is 1.51. The van der Waals surface area contributed by atoms with E-state index in [2.05, 4.69) is 0 Å². The minimum absolute atomic E-state index is 0.0624. The SMILES string of the molecule is CC(=O)N(OC(C)C)OC(C)C. The lowest BCUT2D eigenvalue weighted by Crippen LogP contribution is -2.34. The van der Waals surface area contributed by atoms with Crippen molar-refractivity contribution < 1.29 is 14.5 Å². The lowest BCUT2D eigenvalue weighted by molar-refractivity contribution is -0.366. The van der Waals surface area contributed by atoms with Crippen molar-refractivity contribution in [2.24, 2.45) is 0 Å². The van der Waals surface area contributed by atoms with E-state index >= 15 is 0 Å². The predicted molar refractivity (Wildman–Crippen MR) is 45.0 cm³/mol. The number of rotatable bonds is 4. The second kappa shape index (κ2) is 5.11. The van der Waals surface area contributed by atoms with Gasteiger partial charge in [0.25, 0.3) is 5.91 Å². The van der Waals surface area contributed by atoms with Gasteiger partial charge in [-0.25, -0.2) is 9.68 Å². The van der Waals surface area contributed by atoms with E-state index in [-0.39, 0.29) is 18.1 Å². The molecule has 0 aromatic rings. The summed E-state index contributed by atoms with van der Waals surface area (Å²) in [6.45, 7) is 8.73. The van der Waals surface area contributed by atoms with Crippen molar-refractivity contribution in [2.75, 3.05) is 0 Å². The fourth-order valence-corrected chi connectivity index (χ4v) is 0.556. The fraction of sp³-hybridized carbons (Fsp3) is 0.875. The van der Waals surface area contributed by atoms with E-state index in [1.807, 2.05) is 27.7 Å². The summed E-state index contributed by atoms with van der Waals surface area (Å²) in [5.74, 6) is -0.252. The van der Waals surface area contributed by atoms with Gasteiger partial charge < -0.3 is 0 Å². The van der Waals surface area contributed by atoms with Crippen LogP contribution in [-0.2, 0) is 14.5 Å².